The molecule has 2 N–H and O–H groups in total. The molecule has 158 valence electrons. The number of nitrogens with one attached hydrogen (secondary N) is 2. The molecular formula is C22H28ClFIN3O. The van der Waals surface area contributed by atoms with Gasteiger partial charge in [0, 0.05) is 43.8 Å². The highest BCUT2D eigenvalue weighted by molar-refractivity contribution is 14.0. The first kappa shape index (κ1) is 23.9. The Morgan fingerprint density at radius 3 is 2.59 bits per heavy atom. The Labute approximate surface area is 194 Å². The molecule has 2 aromatic rings. The summed E-state index contributed by atoms with van der Waals surface area (Å²) < 4.78 is 19.4. The lowest BCUT2D eigenvalue weighted by molar-refractivity contribution is 0.0513. The van der Waals surface area contributed by atoms with E-state index in [1.54, 1.807) is 19.2 Å². The van der Waals surface area contributed by atoms with Gasteiger partial charge in [-0.25, -0.2) is 4.39 Å². The Balaban J connectivity index is 0.00000300. The van der Waals surface area contributed by atoms with E-state index in [0.29, 0.717) is 19.8 Å². The van der Waals surface area contributed by atoms with Crippen LogP contribution in [0.1, 0.15) is 24.0 Å². The minimum absolute atomic E-state index is 0. The molecule has 1 fully saturated rings. The van der Waals surface area contributed by atoms with Gasteiger partial charge in [-0.05, 0) is 54.7 Å². The molecule has 0 aliphatic carbocycles. The molecule has 0 saturated carbocycles. The quantitative estimate of drug-likeness (QED) is 0.327. The van der Waals surface area contributed by atoms with E-state index >= 15 is 0 Å². The van der Waals surface area contributed by atoms with Crippen LogP contribution in [-0.4, -0.2) is 39.3 Å². The maximum Gasteiger partial charge on any atom is 0.191 e. The van der Waals surface area contributed by atoms with Crippen LogP contribution in [0.5, 0.6) is 0 Å². The van der Waals surface area contributed by atoms with Gasteiger partial charge in [0.05, 0.1) is 0 Å². The lowest BCUT2D eigenvalue weighted by Crippen LogP contribution is -2.48. The minimum Gasteiger partial charge on any atom is -0.381 e. The molecule has 29 heavy (non-hydrogen) atoms. The van der Waals surface area contributed by atoms with Gasteiger partial charge in [-0.3, -0.25) is 4.99 Å². The topological polar surface area (TPSA) is 45.7 Å². The molecule has 0 amide bonds. The first-order valence-corrected chi connectivity index (χ1v) is 10.0. The van der Waals surface area contributed by atoms with E-state index in [1.807, 2.05) is 24.3 Å². The summed E-state index contributed by atoms with van der Waals surface area (Å²) in [5.74, 6) is 0.539. The molecule has 1 aliphatic heterocycles. The van der Waals surface area contributed by atoms with Crippen LogP contribution in [0, 0.1) is 5.82 Å². The normalized spacial score (nSPS) is 16.0. The van der Waals surface area contributed by atoms with E-state index in [-0.39, 0.29) is 35.2 Å². The van der Waals surface area contributed by atoms with E-state index in [1.165, 1.54) is 11.6 Å². The summed E-state index contributed by atoms with van der Waals surface area (Å²) in [6, 6.07) is 14.8. The smallest absolute Gasteiger partial charge is 0.191 e. The SMILES string of the molecule is CN=C(NCCc1cccc(Cl)c1)NCC1(c2cccc(F)c2)CCOCC1.I. The van der Waals surface area contributed by atoms with Crippen molar-refractivity contribution in [1.82, 2.24) is 10.6 Å². The molecule has 1 heterocycles. The summed E-state index contributed by atoms with van der Waals surface area (Å²) in [4.78, 5) is 4.33. The fraction of sp³-hybridized carbons (Fsp3) is 0.409. The monoisotopic (exact) mass is 531 g/mol. The predicted molar refractivity (Wildman–Crippen MR) is 128 cm³/mol. The van der Waals surface area contributed by atoms with Crippen LogP contribution >= 0.6 is 35.6 Å². The average molecular weight is 532 g/mol. The number of ether oxygens (including phenoxy) is 1. The molecule has 0 spiro atoms. The van der Waals surface area contributed by atoms with Gasteiger partial charge < -0.3 is 15.4 Å². The standard InChI is InChI=1S/C22H27ClFN3O.HI/c1-25-21(26-11-8-17-4-2-6-19(23)14-17)27-16-22(9-12-28-13-10-22)18-5-3-7-20(24)15-18;/h2-7,14-15H,8-13,16H2,1H3,(H2,25,26,27);1H. The second kappa shape index (κ2) is 11.7. The Bertz CT molecular complexity index is 812. The number of rotatable bonds is 6. The molecular weight excluding hydrogens is 504 g/mol. The zero-order valence-electron chi connectivity index (χ0n) is 16.6. The van der Waals surface area contributed by atoms with Crippen LogP contribution in [0.2, 0.25) is 5.02 Å². The van der Waals surface area contributed by atoms with Crippen molar-refractivity contribution in [3.63, 3.8) is 0 Å². The fourth-order valence-corrected chi connectivity index (χ4v) is 3.85. The third-order valence-electron chi connectivity index (χ3n) is 5.30. The number of hydrogen-bond donors (Lipinski definition) is 2. The minimum atomic E-state index is -0.201. The number of nitrogens with zero attached hydrogens (tertiary/aromatic N) is 1. The highest BCUT2D eigenvalue weighted by Gasteiger charge is 2.34. The Hall–Kier alpha value is -1.38. The number of benzene rings is 2. The van der Waals surface area contributed by atoms with E-state index in [0.717, 1.165) is 42.4 Å². The van der Waals surface area contributed by atoms with Crippen LogP contribution < -0.4 is 10.6 Å². The highest BCUT2D eigenvalue weighted by atomic mass is 127. The lowest BCUT2D eigenvalue weighted by atomic mass is 9.74. The van der Waals surface area contributed by atoms with Crippen molar-refractivity contribution in [3.05, 3.63) is 70.5 Å². The van der Waals surface area contributed by atoms with Crippen LogP contribution in [0.15, 0.2) is 53.5 Å². The third kappa shape index (κ3) is 6.83. The fourth-order valence-electron chi connectivity index (χ4n) is 3.64. The second-order valence-corrected chi connectivity index (χ2v) is 7.57. The first-order valence-electron chi connectivity index (χ1n) is 9.64. The van der Waals surface area contributed by atoms with Crippen LogP contribution in [0.3, 0.4) is 0 Å². The zero-order chi connectivity index (χ0) is 19.8. The van der Waals surface area contributed by atoms with Crippen molar-refractivity contribution < 1.29 is 9.13 Å². The summed E-state index contributed by atoms with van der Waals surface area (Å²) >= 11 is 6.04. The molecule has 7 heteroatoms. The molecule has 0 unspecified atom stereocenters. The largest absolute Gasteiger partial charge is 0.381 e. The van der Waals surface area contributed by atoms with Crippen molar-refractivity contribution >= 4 is 41.5 Å². The van der Waals surface area contributed by atoms with Crippen molar-refractivity contribution in [2.24, 2.45) is 4.99 Å². The van der Waals surface area contributed by atoms with Crippen molar-refractivity contribution in [3.8, 4) is 0 Å². The van der Waals surface area contributed by atoms with Gasteiger partial charge in [0.1, 0.15) is 5.82 Å². The first-order chi connectivity index (χ1) is 13.6. The van der Waals surface area contributed by atoms with Crippen LogP contribution in [-0.2, 0) is 16.6 Å². The van der Waals surface area contributed by atoms with Crippen molar-refractivity contribution in [2.45, 2.75) is 24.7 Å². The van der Waals surface area contributed by atoms with Gasteiger partial charge in [0.25, 0.3) is 0 Å². The third-order valence-corrected chi connectivity index (χ3v) is 5.53. The predicted octanol–water partition coefficient (Wildman–Crippen LogP) is 4.55. The van der Waals surface area contributed by atoms with Gasteiger partial charge in [-0.15, -0.1) is 24.0 Å². The Kier molecular flexibility index (Phi) is 9.65. The van der Waals surface area contributed by atoms with E-state index in [2.05, 4.69) is 21.7 Å². The summed E-state index contributed by atoms with van der Waals surface area (Å²) in [5, 5.41) is 7.52. The summed E-state index contributed by atoms with van der Waals surface area (Å²) in [6.07, 6.45) is 2.55. The van der Waals surface area contributed by atoms with Gasteiger partial charge in [-0.2, -0.15) is 0 Å². The molecule has 0 aromatic heterocycles. The summed E-state index contributed by atoms with van der Waals surface area (Å²) in [5.41, 5.74) is 2.03. The molecule has 4 nitrogen and oxygen atoms in total. The number of hydrogen-bond acceptors (Lipinski definition) is 2. The summed E-state index contributed by atoms with van der Waals surface area (Å²) in [6.45, 7) is 2.78. The van der Waals surface area contributed by atoms with Gasteiger partial charge >= 0.3 is 0 Å². The molecule has 1 aliphatic rings. The van der Waals surface area contributed by atoms with Crippen LogP contribution in [0.25, 0.3) is 0 Å². The second-order valence-electron chi connectivity index (χ2n) is 7.14. The number of halogens is 3. The molecule has 0 radical (unpaired) electrons. The number of guanidine groups is 1. The zero-order valence-corrected chi connectivity index (χ0v) is 19.7. The highest BCUT2D eigenvalue weighted by Crippen LogP contribution is 2.34. The molecule has 0 bridgehead atoms. The van der Waals surface area contributed by atoms with Gasteiger partial charge in [0.15, 0.2) is 5.96 Å². The van der Waals surface area contributed by atoms with Crippen LogP contribution in [0.4, 0.5) is 4.39 Å². The van der Waals surface area contributed by atoms with E-state index in [4.69, 9.17) is 16.3 Å². The maximum absolute atomic E-state index is 13.8. The van der Waals surface area contributed by atoms with E-state index < -0.39 is 0 Å². The molecule has 0 atom stereocenters. The van der Waals surface area contributed by atoms with Crippen molar-refractivity contribution in [1.29, 1.82) is 0 Å². The number of aliphatic imine (C=N–C) groups is 1. The molecule has 1 saturated heterocycles. The van der Waals surface area contributed by atoms with Gasteiger partial charge in [0.2, 0.25) is 0 Å². The lowest BCUT2D eigenvalue weighted by Gasteiger charge is -2.38. The summed E-state index contributed by atoms with van der Waals surface area (Å²) in [7, 11) is 1.76. The molecule has 2 aromatic carbocycles. The Morgan fingerprint density at radius 1 is 1.14 bits per heavy atom. The Morgan fingerprint density at radius 2 is 1.90 bits per heavy atom. The maximum atomic E-state index is 13.8. The average Bonchev–Trinajstić information content (AvgIpc) is 2.71. The van der Waals surface area contributed by atoms with E-state index in [9.17, 15) is 4.39 Å². The van der Waals surface area contributed by atoms with Gasteiger partial charge in [-0.1, -0.05) is 35.9 Å². The van der Waals surface area contributed by atoms with Crippen molar-refractivity contribution in [2.75, 3.05) is 33.4 Å². The molecule has 3 rings (SSSR count).